The predicted molar refractivity (Wildman–Crippen MR) is 102 cm³/mol. The van der Waals surface area contributed by atoms with Crippen LogP contribution in [0.2, 0.25) is 0 Å². The van der Waals surface area contributed by atoms with Crippen molar-refractivity contribution in [2.45, 2.75) is 19.9 Å². The van der Waals surface area contributed by atoms with E-state index < -0.39 is 0 Å². The van der Waals surface area contributed by atoms with E-state index in [2.05, 4.69) is 57.4 Å². The molecule has 0 atom stereocenters. The van der Waals surface area contributed by atoms with Gasteiger partial charge in [0.1, 0.15) is 4.88 Å². The van der Waals surface area contributed by atoms with Gasteiger partial charge in [0.15, 0.2) is 0 Å². The molecule has 0 bridgehead atoms. The molecule has 25 heavy (non-hydrogen) atoms. The van der Waals surface area contributed by atoms with Crippen LogP contribution in [0, 0.1) is 0 Å². The van der Waals surface area contributed by atoms with Gasteiger partial charge in [0.25, 0.3) is 5.91 Å². The number of thiazole rings is 1. The Kier molecular flexibility index (Phi) is 6.55. The minimum Gasteiger partial charge on any atom is -0.350 e. The van der Waals surface area contributed by atoms with Crippen molar-refractivity contribution in [1.29, 1.82) is 0 Å². The first-order valence-electron chi connectivity index (χ1n) is 8.96. The summed E-state index contributed by atoms with van der Waals surface area (Å²) in [6, 6.07) is 10.6. The first-order chi connectivity index (χ1) is 12.2. The Morgan fingerprint density at radius 2 is 1.88 bits per heavy atom. The molecule has 0 unspecified atom stereocenters. The molecule has 0 saturated carbocycles. The third-order valence-electron chi connectivity index (χ3n) is 4.51. The number of amides is 1. The third-order valence-corrected chi connectivity index (χ3v) is 5.65. The largest absolute Gasteiger partial charge is 0.350 e. The van der Waals surface area contributed by atoms with Gasteiger partial charge in [-0.25, -0.2) is 4.98 Å². The molecule has 1 aliphatic rings. The summed E-state index contributed by atoms with van der Waals surface area (Å²) in [7, 11) is 0. The Morgan fingerprint density at radius 3 is 2.56 bits per heavy atom. The van der Waals surface area contributed by atoms with Gasteiger partial charge in [-0.1, -0.05) is 37.3 Å². The lowest BCUT2D eigenvalue weighted by Crippen LogP contribution is -2.48. The van der Waals surface area contributed by atoms with E-state index in [9.17, 15) is 4.79 Å². The maximum atomic E-state index is 12.1. The first-order valence-corrected chi connectivity index (χ1v) is 9.78. The molecule has 1 aliphatic heterocycles. The maximum Gasteiger partial charge on any atom is 0.263 e. The number of piperazine rings is 1. The van der Waals surface area contributed by atoms with Crippen molar-refractivity contribution >= 4 is 17.2 Å². The van der Waals surface area contributed by atoms with Crippen LogP contribution in [-0.2, 0) is 13.0 Å². The van der Waals surface area contributed by atoms with Gasteiger partial charge < -0.3 is 5.32 Å². The fourth-order valence-electron chi connectivity index (χ4n) is 3.01. The minimum absolute atomic E-state index is 0.0000800. The van der Waals surface area contributed by atoms with Crippen molar-refractivity contribution in [2.24, 2.45) is 0 Å². The van der Waals surface area contributed by atoms with E-state index in [1.54, 1.807) is 6.20 Å². The van der Waals surface area contributed by atoms with E-state index in [1.165, 1.54) is 16.9 Å². The molecule has 1 N–H and O–H groups in total. The summed E-state index contributed by atoms with van der Waals surface area (Å²) in [5.41, 5.74) is 1.37. The van der Waals surface area contributed by atoms with Crippen LogP contribution in [0.4, 0.5) is 0 Å². The van der Waals surface area contributed by atoms with Gasteiger partial charge in [0, 0.05) is 45.8 Å². The molecule has 3 rings (SSSR count). The highest BCUT2D eigenvalue weighted by atomic mass is 32.1. The van der Waals surface area contributed by atoms with Crippen molar-refractivity contribution in [3.8, 4) is 0 Å². The first kappa shape index (κ1) is 18.0. The van der Waals surface area contributed by atoms with Gasteiger partial charge in [-0.2, -0.15) is 0 Å². The van der Waals surface area contributed by atoms with Crippen LogP contribution < -0.4 is 5.32 Å². The van der Waals surface area contributed by atoms with Crippen LogP contribution in [0.3, 0.4) is 0 Å². The molecular weight excluding hydrogens is 332 g/mol. The third kappa shape index (κ3) is 5.36. The molecule has 1 aromatic carbocycles. The van der Waals surface area contributed by atoms with Crippen LogP contribution in [0.1, 0.15) is 27.2 Å². The molecule has 1 fully saturated rings. The van der Waals surface area contributed by atoms with Crippen molar-refractivity contribution in [2.75, 3.05) is 39.3 Å². The van der Waals surface area contributed by atoms with Gasteiger partial charge in [-0.15, -0.1) is 11.3 Å². The number of aryl methyl sites for hydroxylation is 1. The van der Waals surface area contributed by atoms with Gasteiger partial charge in [-0.05, 0) is 12.0 Å². The fraction of sp³-hybridized carbons (Fsp3) is 0.474. The summed E-state index contributed by atoms with van der Waals surface area (Å²) in [5.74, 6) is -0.0000800. The van der Waals surface area contributed by atoms with E-state index in [4.69, 9.17) is 0 Å². The second-order valence-corrected chi connectivity index (χ2v) is 7.45. The Bertz CT molecular complexity index is 665. The number of hydrogen-bond donors (Lipinski definition) is 1. The zero-order valence-electron chi connectivity index (χ0n) is 14.8. The lowest BCUT2D eigenvalue weighted by Gasteiger charge is -2.34. The monoisotopic (exact) mass is 358 g/mol. The number of benzene rings is 1. The number of nitrogens with zero attached hydrogens (tertiary/aromatic N) is 3. The molecule has 1 aromatic heterocycles. The summed E-state index contributed by atoms with van der Waals surface area (Å²) < 4.78 is 0. The van der Waals surface area contributed by atoms with E-state index in [0.29, 0.717) is 11.4 Å². The maximum absolute atomic E-state index is 12.1. The lowest BCUT2D eigenvalue weighted by molar-refractivity contribution is 0.0938. The molecule has 5 nitrogen and oxygen atoms in total. The van der Waals surface area contributed by atoms with E-state index in [1.807, 2.05) is 0 Å². The molecule has 2 aromatic rings. The Morgan fingerprint density at radius 1 is 1.16 bits per heavy atom. The van der Waals surface area contributed by atoms with Crippen LogP contribution >= 0.6 is 11.3 Å². The van der Waals surface area contributed by atoms with Gasteiger partial charge >= 0.3 is 0 Å². The minimum atomic E-state index is -0.0000800. The molecule has 0 aliphatic carbocycles. The summed E-state index contributed by atoms with van der Waals surface area (Å²) in [6.45, 7) is 8.96. The van der Waals surface area contributed by atoms with E-state index in [0.717, 1.165) is 50.7 Å². The van der Waals surface area contributed by atoms with Gasteiger partial charge in [0.2, 0.25) is 0 Å². The molecule has 1 saturated heterocycles. The van der Waals surface area contributed by atoms with Gasteiger partial charge in [-0.3, -0.25) is 14.6 Å². The quantitative estimate of drug-likeness (QED) is 0.825. The second kappa shape index (κ2) is 9.08. The smallest absolute Gasteiger partial charge is 0.263 e. The Balaban J connectivity index is 1.34. The standard InChI is InChI=1S/C19H26N4OS/c1-2-18-21-14-17(25-18)19(24)20-8-9-22-10-12-23(13-11-22)15-16-6-4-3-5-7-16/h3-7,14H,2,8-13,15H2,1H3,(H,20,24). The Labute approximate surface area is 153 Å². The predicted octanol–water partition coefficient (Wildman–Crippen LogP) is 2.25. The number of hydrogen-bond acceptors (Lipinski definition) is 5. The molecule has 134 valence electrons. The van der Waals surface area contributed by atoms with Crippen molar-refractivity contribution in [3.05, 3.63) is 52.0 Å². The van der Waals surface area contributed by atoms with Crippen molar-refractivity contribution < 1.29 is 4.79 Å². The van der Waals surface area contributed by atoms with Crippen molar-refractivity contribution in [1.82, 2.24) is 20.1 Å². The second-order valence-electron chi connectivity index (χ2n) is 6.33. The van der Waals surface area contributed by atoms with E-state index in [-0.39, 0.29) is 5.91 Å². The highest BCUT2D eigenvalue weighted by Gasteiger charge is 2.17. The zero-order chi connectivity index (χ0) is 17.5. The molecule has 6 heteroatoms. The zero-order valence-corrected chi connectivity index (χ0v) is 15.6. The number of rotatable bonds is 7. The summed E-state index contributed by atoms with van der Waals surface area (Å²) in [5, 5.41) is 4.02. The molecule has 0 radical (unpaired) electrons. The normalized spacial score (nSPS) is 16.0. The molecule has 2 heterocycles. The molecule has 0 spiro atoms. The summed E-state index contributed by atoms with van der Waals surface area (Å²) >= 11 is 1.48. The molecular formula is C19H26N4OS. The number of nitrogens with one attached hydrogen (secondary N) is 1. The summed E-state index contributed by atoms with van der Waals surface area (Å²) in [6.07, 6.45) is 2.56. The highest BCUT2D eigenvalue weighted by Crippen LogP contribution is 2.13. The van der Waals surface area contributed by atoms with Crippen LogP contribution in [0.25, 0.3) is 0 Å². The van der Waals surface area contributed by atoms with Gasteiger partial charge in [0.05, 0.1) is 11.2 Å². The number of carbonyl (C=O) groups excluding carboxylic acids is 1. The lowest BCUT2D eigenvalue weighted by atomic mass is 10.2. The van der Waals surface area contributed by atoms with E-state index >= 15 is 0 Å². The van der Waals surface area contributed by atoms with Crippen LogP contribution in [0.5, 0.6) is 0 Å². The molecule has 1 amide bonds. The topological polar surface area (TPSA) is 48.5 Å². The fourth-order valence-corrected chi connectivity index (χ4v) is 3.78. The van der Waals surface area contributed by atoms with Crippen LogP contribution in [-0.4, -0.2) is 60.0 Å². The SMILES string of the molecule is CCc1ncc(C(=O)NCCN2CCN(Cc3ccccc3)CC2)s1. The Hall–Kier alpha value is -1.76. The number of carbonyl (C=O) groups is 1. The van der Waals surface area contributed by atoms with Crippen molar-refractivity contribution in [3.63, 3.8) is 0 Å². The number of aromatic nitrogens is 1. The average Bonchev–Trinajstić information content (AvgIpc) is 3.13. The summed E-state index contributed by atoms with van der Waals surface area (Å²) in [4.78, 5) is 22.0. The van der Waals surface area contributed by atoms with Crippen LogP contribution in [0.15, 0.2) is 36.5 Å². The average molecular weight is 359 g/mol. The highest BCUT2D eigenvalue weighted by molar-refractivity contribution is 7.13.